The van der Waals surface area contributed by atoms with Gasteiger partial charge < -0.3 is 15.3 Å². The Balaban J connectivity index is 1.57. The Morgan fingerprint density at radius 2 is 2.08 bits per heavy atom. The molecule has 1 aliphatic heterocycles. The average molecular weight is 343 g/mol. The number of urea groups is 1. The molecule has 0 aliphatic carbocycles. The largest absolute Gasteiger partial charge is 0.476 e. The zero-order valence-electron chi connectivity index (χ0n) is 14.1. The van der Waals surface area contributed by atoms with Crippen molar-refractivity contribution in [3.63, 3.8) is 0 Å². The van der Waals surface area contributed by atoms with Crippen molar-refractivity contribution in [1.29, 1.82) is 0 Å². The Morgan fingerprint density at radius 3 is 2.76 bits per heavy atom. The van der Waals surface area contributed by atoms with Crippen LogP contribution in [-0.2, 0) is 6.54 Å². The molecule has 1 aliphatic rings. The number of carbonyl (C=O) groups is 2. The minimum atomic E-state index is -1.09. The third-order valence-electron chi connectivity index (χ3n) is 4.31. The number of carbonyl (C=O) groups excluding carboxylic acids is 1. The highest BCUT2D eigenvalue weighted by molar-refractivity contribution is 5.89. The van der Waals surface area contributed by atoms with E-state index in [2.05, 4.69) is 15.6 Å². The second kappa shape index (κ2) is 7.33. The van der Waals surface area contributed by atoms with Crippen molar-refractivity contribution in [2.75, 3.05) is 18.4 Å². The molecule has 0 radical (unpaired) electrons. The van der Waals surface area contributed by atoms with Gasteiger partial charge in [-0.2, -0.15) is 0 Å². The van der Waals surface area contributed by atoms with E-state index < -0.39 is 5.97 Å². The highest BCUT2D eigenvalue weighted by Crippen LogP contribution is 2.19. The molecule has 1 aromatic carbocycles. The molecule has 2 amide bonds. The molecular formula is C17H21N5O3. The normalized spacial score (nSPS) is 17.3. The Morgan fingerprint density at radius 1 is 1.32 bits per heavy atom. The van der Waals surface area contributed by atoms with Gasteiger partial charge in [0.15, 0.2) is 5.69 Å². The van der Waals surface area contributed by atoms with Gasteiger partial charge in [-0.15, -0.1) is 5.10 Å². The summed E-state index contributed by atoms with van der Waals surface area (Å²) < 4.78 is 1.54. The Labute approximate surface area is 145 Å². The SMILES string of the molecule is Cc1ccc(NC(=O)N2CCC[C@H](Cn3cc(C(=O)O)nn3)C2)cc1. The molecule has 8 heteroatoms. The van der Waals surface area contributed by atoms with E-state index in [0.29, 0.717) is 19.6 Å². The topological polar surface area (TPSA) is 100 Å². The van der Waals surface area contributed by atoms with Gasteiger partial charge in [-0.05, 0) is 37.8 Å². The summed E-state index contributed by atoms with van der Waals surface area (Å²) in [5.74, 6) is -0.866. The lowest BCUT2D eigenvalue weighted by Gasteiger charge is -2.32. The number of anilines is 1. The number of hydrogen-bond donors (Lipinski definition) is 2. The number of nitrogens with zero attached hydrogens (tertiary/aromatic N) is 4. The van der Waals surface area contributed by atoms with Gasteiger partial charge in [0, 0.05) is 25.3 Å². The number of benzene rings is 1. The predicted octanol–water partition coefficient (Wildman–Crippen LogP) is 2.23. The first-order chi connectivity index (χ1) is 12.0. The van der Waals surface area contributed by atoms with E-state index in [4.69, 9.17) is 5.11 Å². The maximum atomic E-state index is 12.4. The fraction of sp³-hybridized carbons (Fsp3) is 0.412. The maximum Gasteiger partial charge on any atom is 0.358 e. The number of nitrogens with one attached hydrogen (secondary N) is 1. The number of rotatable bonds is 4. The van der Waals surface area contributed by atoms with Crippen LogP contribution >= 0.6 is 0 Å². The van der Waals surface area contributed by atoms with Crippen LogP contribution in [0.5, 0.6) is 0 Å². The van der Waals surface area contributed by atoms with Gasteiger partial charge in [0.1, 0.15) is 0 Å². The predicted molar refractivity (Wildman–Crippen MR) is 91.5 cm³/mol. The summed E-state index contributed by atoms with van der Waals surface area (Å²) in [4.78, 5) is 25.1. The average Bonchev–Trinajstić information content (AvgIpc) is 3.06. The van der Waals surface area contributed by atoms with Crippen molar-refractivity contribution in [1.82, 2.24) is 19.9 Å². The molecule has 0 saturated carbocycles. The van der Waals surface area contributed by atoms with Crippen LogP contribution in [0.1, 0.15) is 28.9 Å². The summed E-state index contributed by atoms with van der Waals surface area (Å²) in [5.41, 5.74) is 1.86. The van der Waals surface area contributed by atoms with Crippen molar-refractivity contribution >= 4 is 17.7 Å². The summed E-state index contributed by atoms with van der Waals surface area (Å²) >= 11 is 0. The molecular weight excluding hydrogens is 322 g/mol. The van der Waals surface area contributed by atoms with Crippen molar-refractivity contribution in [2.45, 2.75) is 26.3 Å². The van der Waals surface area contributed by atoms with Crippen LogP contribution in [0.25, 0.3) is 0 Å². The van der Waals surface area contributed by atoms with Crippen LogP contribution < -0.4 is 5.32 Å². The van der Waals surface area contributed by atoms with Crippen molar-refractivity contribution in [3.05, 3.63) is 41.7 Å². The van der Waals surface area contributed by atoms with E-state index in [1.807, 2.05) is 31.2 Å². The lowest BCUT2D eigenvalue weighted by Crippen LogP contribution is -2.43. The Bertz CT molecular complexity index is 756. The molecule has 8 nitrogen and oxygen atoms in total. The molecule has 0 unspecified atom stereocenters. The van der Waals surface area contributed by atoms with Gasteiger partial charge >= 0.3 is 12.0 Å². The van der Waals surface area contributed by atoms with Crippen LogP contribution in [0.15, 0.2) is 30.5 Å². The van der Waals surface area contributed by atoms with Crippen molar-refractivity contribution in [3.8, 4) is 0 Å². The lowest BCUT2D eigenvalue weighted by molar-refractivity contribution is 0.0690. The summed E-state index contributed by atoms with van der Waals surface area (Å²) in [6.45, 7) is 3.88. The highest BCUT2D eigenvalue weighted by Gasteiger charge is 2.24. The van der Waals surface area contributed by atoms with Crippen LogP contribution in [0.2, 0.25) is 0 Å². The van der Waals surface area contributed by atoms with E-state index in [9.17, 15) is 9.59 Å². The number of amides is 2. The zero-order valence-corrected chi connectivity index (χ0v) is 14.1. The molecule has 2 N–H and O–H groups in total. The number of aromatic carboxylic acids is 1. The highest BCUT2D eigenvalue weighted by atomic mass is 16.4. The van der Waals surface area contributed by atoms with Crippen LogP contribution in [0.4, 0.5) is 10.5 Å². The third kappa shape index (κ3) is 4.34. The monoisotopic (exact) mass is 343 g/mol. The molecule has 0 bridgehead atoms. The zero-order chi connectivity index (χ0) is 17.8. The summed E-state index contributed by atoms with van der Waals surface area (Å²) in [6.07, 6.45) is 3.30. The minimum absolute atomic E-state index is 0.0650. The van der Waals surface area contributed by atoms with E-state index in [1.165, 1.54) is 10.9 Å². The molecule has 0 spiro atoms. The van der Waals surface area contributed by atoms with Crippen LogP contribution in [0, 0.1) is 12.8 Å². The maximum absolute atomic E-state index is 12.4. The molecule has 2 heterocycles. The number of carboxylic acid groups (broad SMARTS) is 1. The standard InChI is InChI=1S/C17H21N5O3/c1-12-4-6-14(7-5-12)18-17(25)21-8-2-3-13(9-21)10-22-11-15(16(23)24)19-20-22/h4-7,11,13H,2-3,8-10H2,1H3,(H,18,25)(H,23,24)/t13-/m0/s1. The molecule has 1 fully saturated rings. The Hall–Kier alpha value is -2.90. The van der Waals surface area contributed by atoms with Crippen LogP contribution in [0.3, 0.4) is 0 Å². The number of likely N-dealkylation sites (tertiary alicyclic amines) is 1. The molecule has 1 saturated heterocycles. The van der Waals surface area contributed by atoms with Gasteiger partial charge in [-0.3, -0.25) is 4.68 Å². The minimum Gasteiger partial charge on any atom is -0.476 e. The summed E-state index contributed by atoms with van der Waals surface area (Å²) in [5, 5.41) is 19.3. The molecule has 25 heavy (non-hydrogen) atoms. The van der Waals surface area contributed by atoms with Gasteiger partial charge in [-0.25, -0.2) is 9.59 Å². The first-order valence-corrected chi connectivity index (χ1v) is 8.27. The number of aromatic nitrogens is 3. The molecule has 2 aromatic rings. The third-order valence-corrected chi connectivity index (χ3v) is 4.31. The molecule has 3 rings (SSSR count). The van der Waals surface area contributed by atoms with Gasteiger partial charge in [0.05, 0.1) is 6.20 Å². The van der Waals surface area contributed by atoms with Crippen LogP contribution in [-0.4, -0.2) is 50.1 Å². The summed E-state index contributed by atoms with van der Waals surface area (Å²) in [7, 11) is 0. The smallest absolute Gasteiger partial charge is 0.358 e. The van der Waals surface area contributed by atoms with E-state index in [1.54, 1.807) is 4.90 Å². The van der Waals surface area contributed by atoms with E-state index in [-0.39, 0.29) is 17.6 Å². The van der Waals surface area contributed by atoms with Gasteiger partial charge in [-0.1, -0.05) is 22.9 Å². The molecule has 1 aromatic heterocycles. The number of hydrogen-bond acceptors (Lipinski definition) is 4. The fourth-order valence-electron chi connectivity index (χ4n) is 2.99. The number of aryl methyl sites for hydroxylation is 1. The van der Waals surface area contributed by atoms with E-state index in [0.717, 1.165) is 24.1 Å². The second-order valence-corrected chi connectivity index (χ2v) is 6.38. The first kappa shape index (κ1) is 16.9. The lowest BCUT2D eigenvalue weighted by atomic mass is 9.98. The number of carboxylic acids is 1. The fourth-order valence-corrected chi connectivity index (χ4v) is 2.99. The van der Waals surface area contributed by atoms with Crippen molar-refractivity contribution in [2.24, 2.45) is 5.92 Å². The van der Waals surface area contributed by atoms with Gasteiger partial charge in [0.2, 0.25) is 0 Å². The van der Waals surface area contributed by atoms with Crippen molar-refractivity contribution < 1.29 is 14.7 Å². The second-order valence-electron chi connectivity index (χ2n) is 6.38. The number of piperidine rings is 1. The van der Waals surface area contributed by atoms with E-state index >= 15 is 0 Å². The Kier molecular flexibility index (Phi) is 4.97. The molecule has 1 atom stereocenters. The molecule has 132 valence electrons. The quantitative estimate of drug-likeness (QED) is 0.886. The van der Waals surface area contributed by atoms with Gasteiger partial charge in [0.25, 0.3) is 0 Å². The first-order valence-electron chi connectivity index (χ1n) is 8.27. The summed E-state index contributed by atoms with van der Waals surface area (Å²) in [6, 6.07) is 7.58.